The molecule has 0 atom stereocenters. The van der Waals surface area contributed by atoms with Crippen LogP contribution in [0.2, 0.25) is 0 Å². The van der Waals surface area contributed by atoms with Crippen molar-refractivity contribution in [3.63, 3.8) is 0 Å². The van der Waals surface area contributed by atoms with Crippen molar-refractivity contribution in [3.8, 4) is 0 Å². The predicted molar refractivity (Wildman–Crippen MR) is 58.8 cm³/mol. The van der Waals surface area contributed by atoms with Gasteiger partial charge in [0.25, 0.3) is 0 Å². The molecular formula is C12H15NO. The lowest BCUT2D eigenvalue weighted by Gasteiger charge is -2.09. The fourth-order valence-corrected chi connectivity index (χ4v) is 1.05. The minimum atomic E-state index is 0.587. The van der Waals surface area contributed by atoms with Crippen LogP contribution in [0.1, 0.15) is 18.2 Å². The Morgan fingerprint density at radius 1 is 1.43 bits per heavy atom. The Hall–Kier alpha value is -1.57. The average Bonchev–Trinajstić information content (AvgIpc) is 2.18. The van der Waals surface area contributed by atoms with Crippen molar-refractivity contribution in [1.82, 2.24) is 4.98 Å². The molecule has 2 nitrogen and oxygen atoms in total. The van der Waals surface area contributed by atoms with E-state index < -0.39 is 0 Å². The smallest absolute Gasteiger partial charge is 0.120 e. The first-order valence-corrected chi connectivity index (χ1v) is 4.59. The van der Waals surface area contributed by atoms with E-state index in [1.807, 2.05) is 26.0 Å². The van der Waals surface area contributed by atoms with Crippen molar-refractivity contribution in [2.75, 3.05) is 6.61 Å². The lowest BCUT2D eigenvalue weighted by atomic mass is 10.1. The Morgan fingerprint density at radius 2 is 2.14 bits per heavy atom. The molecule has 0 aromatic carbocycles. The number of allylic oxidation sites excluding steroid dienone is 1. The fraction of sp³-hybridized carbons (Fsp3) is 0.250. The second-order valence-electron chi connectivity index (χ2n) is 3.06. The Labute approximate surface area is 84.9 Å². The normalized spacial score (nSPS) is 9.57. The van der Waals surface area contributed by atoms with Crippen molar-refractivity contribution in [1.29, 1.82) is 0 Å². The van der Waals surface area contributed by atoms with E-state index in [2.05, 4.69) is 18.1 Å². The van der Waals surface area contributed by atoms with Crippen LogP contribution in [0.4, 0.5) is 0 Å². The number of aryl methyl sites for hydroxylation is 1. The number of nitrogens with zero attached hydrogens (tertiary/aromatic N) is 1. The van der Waals surface area contributed by atoms with E-state index in [1.165, 1.54) is 0 Å². The van der Waals surface area contributed by atoms with Crippen LogP contribution in [-0.4, -0.2) is 11.6 Å². The number of hydrogen-bond acceptors (Lipinski definition) is 2. The van der Waals surface area contributed by atoms with E-state index in [1.54, 1.807) is 6.20 Å². The van der Waals surface area contributed by atoms with Gasteiger partial charge in [-0.15, -0.1) is 0 Å². The van der Waals surface area contributed by atoms with E-state index in [-0.39, 0.29) is 0 Å². The highest BCUT2D eigenvalue weighted by atomic mass is 16.5. The molecule has 0 fully saturated rings. The number of pyridine rings is 1. The largest absolute Gasteiger partial charge is 0.494 e. The number of aromatic nitrogens is 1. The van der Waals surface area contributed by atoms with Crippen LogP contribution in [-0.2, 0) is 4.74 Å². The van der Waals surface area contributed by atoms with Gasteiger partial charge in [-0.2, -0.15) is 0 Å². The van der Waals surface area contributed by atoms with Crippen molar-refractivity contribution in [2.24, 2.45) is 0 Å². The first-order valence-electron chi connectivity index (χ1n) is 4.59. The quantitative estimate of drug-likeness (QED) is 0.536. The molecule has 1 rings (SSSR count). The fourth-order valence-electron chi connectivity index (χ4n) is 1.05. The van der Waals surface area contributed by atoms with Gasteiger partial charge >= 0.3 is 0 Å². The third kappa shape index (κ3) is 2.46. The molecule has 1 aromatic heterocycles. The molecule has 0 N–H and O–H groups in total. The molecule has 1 aromatic rings. The lowest BCUT2D eigenvalue weighted by molar-refractivity contribution is 0.247. The topological polar surface area (TPSA) is 22.1 Å². The van der Waals surface area contributed by atoms with Crippen LogP contribution < -0.4 is 0 Å². The summed E-state index contributed by atoms with van der Waals surface area (Å²) in [5.41, 5.74) is 2.68. The summed E-state index contributed by atoms with van der Waals surface area (Å²) in [7, 11) is 0. The van der Waals surface area contributed by atoms with Crippen LogP contribution >= 0.6 is 0 Å². The molecule has 0 amide bonds. The molecule has 0 saturated carbocycles. The second kappa shape index (κ2) is 4.61. The van der Waals surface area contributed by atoms with Crippen LogP contribution in [0, 0.1) is 6.92 Å². The zero-order valence-corrected chi connectivity index (χ0v) is 8.71. The molecule has 0 aliphatic carbocycles. The van der Waals surface area contributed by atoms with Gasteiger partial charge in [-0.3, -0.25) is 4.98 Å². The maximum Gasteiger partial charge on any atom is 0.120 e. The summed E-state index contributed by atoms with van der Waals surface area (Å²) in [6.45, 7) is 12.2. The zero-order valence-electron chi connectivity index (χ0n) is 8.71. The van der Waals surface area contributed by atoms with Gasteiger partial charge in [-0.1, -0.05) is 19.2 Å². The molecule has 0 spiro atoms. The summed E-state index contributed by atoms with van der Waals surface area (Å²) in [4.78, 5) is 4.24. The molecule has 2 heteroatoms. The molecule has 1 heterocycles. The van der Waals surface area contributed by atoms with Crippen LogP contribution in [0.25, 0.3) is 5.57 Å². The molecule has 0 radical (unpaired) electrons. The first kappa shape index (κ1) is 10.5. The van der Waals surface area contributed by atoms with E-state index >= 15 is 0 Å². The van der Waals surface area contributed by atoms with Gasteiger partial charge in [0.2, 0.25) is 0 Å². The summed E-state index contributed by atoms with van der Waals surface area (Å²) in [5, 5.41) is 0. The van der Waals surface area contributed by atoms with Crippen molar-refractivity contribution < 1.29 is 4.74 Å². The second-order valence-corrected chi connectivity index (χ2v) is 3.06. The molecule has 0 aliphatic heterocycles. The number of ether oxygens (including phenoxy) is 1. The SMILES string of the molecule is C=C(OCC)C(=C)c1ccc(C)cn1. The lowest BCUT2D eigenvalue weighted by Crippen LogP contribution is -1.95. The molecule has 0 bridgehead atoms. The summed E-state index contributed by atoms with van der Waals surface area (Å²) in [5.74, 6) is 0.587. The number of rotatable bonds is 4. The molecule has 0 unspecified atom stereocenters. The predicted octanol–water partition coefficient (Wildman–Crippen LogP) is 2.95. The third-order valence-corrected chi connectivity index (χ3v) is 1.88. The van der Waals surface area contributed by atoms with Crippen molar-refractivity contribution in [3.05, 3.63) is 48.5 Å². The van der Waals surface area contributed by atoms with E-state index in [0.717, 1.165) is 16.8 Å². The molecular weight excluding hydrogens is 174 g/mol. The summed E-state index contributed by atoms with van der Waals surface area (Å²) in [6, 6.07) is 3.91. The van der Waals surface area contributed by atoms with Gasteiger partial charge in [0.1, 0.15) is 5.76 Å². The molecule has 0 aliphatic rings. The highest BCUT2D eigenvalue weighted by Crippen LogP contribution is 2.18. The number of hydrogen-bond donors (Lipinski definition) is 0. The van der Waals surface area contributed by atoms with Gasteiger partial charge in [-0.05, 0) is 25.5 Å². The molecule has 74 valence electrons. The minimum absolute atomic E-state index is 0.587. The van der Waals surface area contributed by atoms with Gasteiger partial charge < -0.3 is 4.74 Å². The maximum absolute atomic E-state index is 5.25. The van der Waals surface area contributed by atoms with Crippen LogP contribution in [0.3, 0.4) is 0 Å². The molecule has 0 saturated heterocycles. The Balaban J connectivity index is 2.79. The minimum Gasteiger partial charge on any atom is -0.494 e. The maximum atomic E-state index is 5.25. The third-order valence-electron chi connectivity index (χ3n) is 1.88. The zero-order chi connectivity index (χ0) is 10.6. The van der Waals surface area contributed by atoms with E-state index in [9.17, 15) is 0 Å². The van der Waals surface area contributed by atoms with E-state index in [0.29, 0.717) is 12.4 Å². The Kier molecular flexibility index (Phi) is 3.46. The van der Waals surface area contributed by atoms with Gasteiger partial charge in [0.05, 0.1) is 12.3 Å². The highest BCUT2D eigenvalue weighted by molar-refractivity contribution is 5.72. The monoisotopic (exact) mass is 189 g/mol. The van der Waals surface area contributed by atoms with Gasteiger partial charge in [-0.25, -0.2) is 0 Å². The van der Waals surface area contributed by atoms with E-state index in [4.69, 9.17) is 4.74 Å². The van der Waals surface area contributed by atoms with Crippen LogP contribution in [0.5, 0.6) is 0 Å². The summed E-state index contributed by atoms with van der Waals surface area (Å²) in [6.07, 6.45) is 1.81. The van der Waals surface area contributed by atoms with Crippen molar-refractivity contribution in [2.45, 2.75) is 13.8 Å². The van der Waals surface area contributed by atoms with Gasteiger partial charge in [0.15, 0.2) is 0 Å². The Morgan fingerprint density at radius 3 is 2.64 bits per heavy atom. The standard InChI is InChI=1S/C12H15NO/c1-5-14-11(4)10(3)12-7-6-9(2)8-13-12/h6-8H,3-5H2,1-2H3. The van der Waals surface area contributed by atoms with Crippen LogP contribution in [0.15, 0.2) is 37.2 Å². The molecule has 14 heavy (non-hydrogen) atoms. The summed E-state index contributed by atoms with van der Waals surface area (Å²) >= 11 is 0. The van der Waals surface area contributed by atoms with Crippen molar-refractivity contribution >= 4 is 5.57 Å². The van der Waals surface area contributed by atoms with Gasteiger partial charge in [0, 0.05) is 11.8 Å². The first-order chi connectivity index (χ1) is 6.65. The highest BCUT2D eigenvalue weighted by Gasteiger charge is 2.04. The average molecular weight is 189 g/mol. The summed E-state index contributed by atoms with van der Waals surface area (Å²) < 4.78 is 5.25. The Bertz CT molecular complexity index is 338.